The second-order valence-electron chi connectivity index (χ2n) is 15.6. The van der Waals surface area contributed by atoms with Crippen LogP contribution in [0.1, 0.15) is 92.8 Å². The minimum absolute atomic E-state index is 0.0302. The Bertz CT molecular complexity index is 2020. The van der Waals surface area contributed by atoms with E-state index in [1.165, 1.54) is 10.8 Å². The fourth-order valence-corrected chi connectivity index (χ4v) is 12.3. The summed E-state index contributed by atoms with van der Waals surface area (Å²) in [5.41, 5.74) is -2.13. The van der Waals surface area contributed by atoms with Gasteiger partial charge in [-0.15, -0.1) is 5.06 Å². The molecule has 0 spiro atoms. The molecule has 12 nitrogen and oxygen atoms in total. The molecular weight excluding hydrogens is 731 g/mol. The Labute approximate surface area is 328 Å². The number of carbonyl (C=O) groups excluding carboxylic acids is 2. The predicted octanol–water partition coefficient (Wildman–Crippen LogP) is 5.29. The van der Waals surface area contributed by atoms with Crippen LogP contribution in [-0.2, 0) is 23.5 Å². The van der Waals surface area contributed by atoms with E-state index >= 15 is 0 Å². The number of amides is 2. The second kappa shape index (κ2) is 17.3. The lowest BCUT2D eigenvalue weighted by Gasteiger charge is -2.45. The number of hydrogen-bond acceptors (Lipinski definition) is 9. The summed E-state index contributed by atoms with van der Waals surface area (Å²) in [6.07, 6.45) is 0.958. The minimum atomic E-state index is -3.20. The summed E-state index contributed by atoms with van der Waals surface area (Å²) >= 11 is 0. The molecule has 1 saturated heterocycles. The van der Waals surface area contributed by atoms with E-state index in [0.717, 1.165) is 34.7 Å². The third kappa shape index (κ3) is 7.89. The van der Waals surface area contributed by atoms with Crippen molar-refractivity contribution in [2.45, 2.75) is 96.3 Å². The second-order valence-corrected chi connectivity index (χ2v) is 19.9. The van der Waals surface area contributed by atoms with Crippen molar-refractivity contribution in [3.63, 3.8) is 0 Å². The van der Waals surface area contributed by atoms with Crippen LogP contribution in [0, 0.1) is 6.92 Å². The lowest BCUT2D eigenvalue weighted by molar-refractivity contribution is -0.186. The van der Waals surface area contributed by atoms with Gasteiger partial charge in [0.25, 0.3) is 25.7 Å². The summed E-state index contributed by atoms with van der Waals surface area (Å²) < 4.78 is 29.0. The predicted molar refractivity (Wildman–Crippen MR) is 215 cm³/mol. The lowest BCUT2D eigenvalue weighted by Crippen LogP contribution is -2.68. The van der Waals surface area contributed by atoms with Crippen molar-refractivity contribution in [3.8, 4) is 0 Å². The van der Waals surface area contributed by atoms with Gasteiger partial charge in [-0.3, -0.25) is 28.8 Å². The fourth-order valence-electron chi connectivity index (χ4n) is 7.66. The van der Waals surface area contributed by atoms with Gasteiger partial charge >= 0.3 is 5.69 Å². The topological polar surface area (TPSA) is 138 Å². The van der Waals surface area contributed by atoms with Gasteiger partial charge in [0.05, 0.1) is 24.3 Å². The molecule has 13 heteroatoms. The number of benzene rings is 3. The highest BCUT2D eigenvalue weighted by Crippen LogP contribution is 2.45. The van der Waals surface area contributed by atoms with E-state index in [0.29, 0.717) is 13.0 Å². The highest BCUT2D eigenvalue weighted by atomic mass is 28.4. The minimum Gasteiger partial charge on any atom is -0.404 e. The molecule has 6 rings (SSSR count). The Hall–Kier alpha value is -4.50. The highest BCUT2D eigenvalue weighted by molar-refractivity contribution is 6.99. The van der Waals surface area contributed by atoms with Gasteiger partial charge in [0, 0.05) is 25.0 Å². The van der Waals surface area contributed by atoms with Crippen molar-refractivity contribution in [1.82, 2.24) is 14.6 Å². The van der Waals surface area contributed by atoms with Crippen molar-refractivity contribution in [3.05, 3.63) is 129 Å². The molecule has 0 radical (unpaired) electrons. The first-order valence-corrected chi connectivity index (χ1v) is 21.4. The van der Waals surface area contributed by atoms with Gasteiger partial charge < -0.3 is 18.6 Å². The number of ether oxygens (including phenoxy) is 3. The fraction of sp³-hybridized carbons (Fsp3) is 0.442. The van der Waals surface area contributed by atoms with Crippen molar-refractivity contribution in [2.75, 3.05) is 26.4 Å². The number of aromatic nitrogens is 2. The zero-order chi connectivity index (χ0) is 40.1. The average Bonchev–Trinajstić information content (AvgIpc) is 3.61. The first-order chi connectivity index (χ1) is 26.9. The monoisotopic (exact) mass is 783 g/mol. The molecule has 3 heterocycles. The Kier molecular flexibility index (Phi) is 12.7. The summed E-state index contributed by atoms with van der Waals surface area (Å²) in [6.45, 7) is 12.8. The van der Waals surface area contributed by atoms with Gasteiger partial charge in [0.2, 0.25) is 0 Å². The smallest absolute Gasteiger partial charge is 0.330 e. The van der Waals surface area contributed by atoms with E-state index in [4.69, 9.17) is 23.5 Å². The van der Waals surface area contributed by atoms with E-state index < -0.39 is 60.5 Å². The molecule has 4 aromatic rings. The van der Waals surface area contributed by atoms with Gasteiger partial charge in [-0.05, 0) is 47.3 Å². The third-order valence-corrected chi connectivity index (χ3v) is 15.6. The molecular formula is C43H53N3O9Si. The van der Waals surface area contributed by atoms with E-state index in [2.05, 4.69) is 56.9 Å². The molecule has 1 N–H and O–H groups in total. The van der Waals surface area contributed by atoms with Gasteiger partial charge in [-0.1, -0.05) is 120 Å². The van der Waals surface area contributed by atoms with E-state index in [9.17, 15) is 19.2 Å². The van der Waals surface area contributed by atoms with E-state index in [1.807, 2.05) is 43.3 Å². The molecule has 4 atom stereocenters. The van der Waals surface area contributed by atoms with Gasteiger partial charge in [-0.2, -0.15) is 0 Å². The van der Waals surface area contributed by atoms with Crippen LogP contribution in [0.4, 0.5) is 0 Å². The quantitative estimate of drug-likeness (QED) is 0.0861. The van der Waals surface area contributed by atoms with Crippen LogP contribution in [0.3, 0.4) is 0 Å². The van der Waals surface area contributed by atoms with Crippen LogP contribution in [-0.4, -0.2) is 79.0 Å². The largest absolute Gasteiger partial charge is 0.404 e. The number of imide groups is 1. The SMILES string of the molecule is CCCCOC[C@@]1(CO[Si](c2ccccc2)(c2ccccc2)C(C)(C)C)O[C@@H](n2cc(C)c(=O)[nH]c2=O)[C@@H](ON2C(=O)c3ccccc3C2=O)C1OCCCC. The molecule has 2 amide bonds. The molecule has 3 aromatic carbocycles. The Morgan fingerprint density at radius 3 is 1.89 bits per heavy atom. The van der Waals surface area contributed by atoms with Gasteiger partial charge in [-0.25, -0.2) is 4.79 Å². The maximum absolute atomic E-state index is 13.8. The highest BCUT2D eigenvalue weighted by Gasteiger charge is 2.62. The number of carbonyl (C=O) groups is 2. The number of nitrogens with zero attached hydrogens (tertiary/aromatic N) is 2. The van der Waals surface area contributed by atoms with Crippen molar-refractivity contribution >= 4 is 30.5 Å². The summed E-state index contributed by atoms with van der Waals surface area (Å²) in [4.78, 5) is 62.8. The molecule has 1 aromatic heterocycles. The lowest BCUT2D eigenvalue weighted by atomic mass is 9.96. The van der Waals surface area contributed by atoms with Crippen LogP contribution < -0.4 is 21.6 Å². The molecule has 56 heavy (non-hydrogen) atoms. The third-order valence-electron chi connectivity index (χ3n) is 10.6. The van der Waals surface area contributed by atoms with Crippen LogP contribution in [0.2, 0.25) is 5.04 Å². The molecule has 0 aliphatic carbocycles. The van der Waals surface area contributed by atoms with E-state index in [1.54, 1.807) is 31.2 Å². The number of fused-ring (bicyclic) bond motifs is 1. The number of hydroxylamine groups is 2. The number of unbranched alkanes of at least 4 members (excludes halogenated alkanes) is 2. The zero-order valence-corrected chi connectivity index (χ0v) is 34.1. The van der Waals surface area contributed by atoms with Crippen LogP contribution in [0.15, 0.2) is 101 Å². The van der Waals surface area contributed by atoms with Crippen LogP contribution >= 0.6 is 0 Å². The van der Waals surface area contributed by atoms with Crippen molar-refractivity contribution in [2.24, 2.45) is 0 Å². The van der Waals surface area contributed by atoms with Crippen LogP contribution in [0.5, 0.6) is 0 Å². The molecule has 298 valence electrons. The number of H-pyrrole nitrogens is 1. The molecule has 1 fully saturated rings. The molecule has 2 aliphatic heterocycles. The summed E-state index contributed by atoms with van der Waals surface area (Å²) in [7, 11) is -3.20. The molecule has 0 bridgehead atoms. The van der Waals surface area contributed by atoms with Crippen LogP contribution in [0.25, 0.3) is 0 Å². The average molecular weight is 784 g/mol. The van der Waals surface area contributed by atoms with Gasteiger partial charge in [0.1, 0.15) is 11.7 Å². The number of rotatable bonds is 17. The Balaban J connectivity index is 1.53. The first-order valence-electron chi connectivity index (χ1n) is 19.5. The summed E-state index contributed by atoms with van der Waals surface area (Å²) in [5, 5.41) is 2.41. The number of aromatic amines is 1. The maximum Gasteiger partial charge on any atom is 0.330 e. The summed E-state index contributed by atoms with van der Waals surface area (Å²) in [5.74, 6) is -1.30. The molecule has 2 aliphatic rings. The van der Waals surface area contributed by atoms with E-state index in [-0.39, 0.29) is 36.5 Å². The maximum atomic E-state index is 13.8. The number of nitrogens with one attached hydrogen (secondary N) is 1. The van der Waals surface area contributed by atoms with Crippen molar-refractivity contribution in [1.29, 1.82) is 0 Å². The normalized spacial score (nSPS) is 21.2. The standard InChI is InChI=1S/C43H53N3O9Si/c1-7-9-25-51-28-43(29-53-56(42(4,5)6,31-19-13-11-14-20-31)32-21-15-12-16-22-32)36(52-26-10-8-2)35(40(54-43)45-27-30(3)37(47)44-41(45)50)55-46-38(48)33-23-17-18-24-34(33)39(46)49/h11-24,27,35-36,40H,7-10,25-26,28-29H2,1-6H3,(H,44,47,50)/t35-,36?,40+,43-/m0/s1. The number of aryl methyl sites for hydroxylation is 1. The Morgan fingerprint density at radius 2 is 1.34 bits per heavy atom. The molecule has 0 saturated carbocycles. The zero-order valence-electron chi connectivity index (χ0n) is 33.1. The summed E-state index contributed by atoms with van der Waals surface area (Å²) in [6, 6.07) is 26.9. The Morgan fingerprint density at radius 1 is 0.786 bits per heavy atom. The van der Waals surface area contributed by atoms with Gasteiger partial charge in [0.15, 0.2) is 12.3 Å². The first kappa shape index (κ1) is 41.1. The molecule has 1 unspecified atom stereocenters. The van der Waals surface area contributed by atoms with Crippen molar-refractivity contribution < 1.29 is 33.1 Å². The number of hydrogen-bond donors (Lipinski definition) is 1.